The van der Waals surface area contributed by atoms with E-state index >= 15 is 0 Å². The van der Waals surface area contributed by atoms with Crippen molar-refractivity contribution in [3.8, 4) is 0 Å². The molecule has 0 atom stereocenters. The summed E-state index contributed by atoms with van der Waals surface area (Å²) in [4.78, 5) is 54.2. The second-order valence-corrected chi connectivity index (χ2v) is 9.83. The predicted molar refractivity (Wildman–Crippen MR) is 119 cm³/mol. The molecule has 9 nitrogen and oxygen atoms in total. The molecule has 4 aliphatic carbocycles. The van der Waals surface area contributed by atoms with Gasteiger partial charge in [0.2, 0.25) is 0 Å². The van der Waals surface area contributed by atoms with Crippen molar-refractivity contribution in [1.29, 1.82) is 0 Å². The third-order valence-electron chi connectivity index (χ3n) is 6.99. The Morgan fingerprint density at radius 2 is 1.50 bits per heavy atom. The smallest absolute Gasteiger partial charge is 0.315 e. The average Bonchev–Trinajstić information content (AvgIpc) is 2.73. The number of benzene rings is 1. The molecule has 1 aromatic carbocycles. The van der Waals surface area contributed by atoms with E-state index in [4.69, 9.17) is 11.6 Å². The molecule has 0 aliphatic heterocycles. The van der Waals surface area contributed by atoms with Crippen LogP contribution in [-0.2, 0) is 0 Å². The van der Waals surface area contributed by atoms with Crippen LogP contribution in [0, 0.1) is 17.8 Å². The molecule has 10 heteroatoms. The van der Waals surface area contributed by atoms with Crippen molar-refractivity contribution in [1.82, 2.24) is 20.8 Å². The van der Waals surface area contributed by atoms with E-state index in [1.807, 2.05) is 4.98 Å². The summed E-state index contributed by atoms with van der Waals surface area (Å²) in [7, 11) is 0. The van der Waals surface area contributed by atoms with Crippen molar-refractivity contribution in [3.05, 3.63) is 61.4 Å². The quantitative estimate of drug-likeness (QED) is 0.438. The normalized spacial score (nSPS) is 27.8. The lowest BCUT2D eigenvalue weighted by atomic mass is 9.53. The third-order valence-corrected chi connectivity index (χ3v) is 7.25. The minimum atomic E-state index is -0.865. The third kappa shape index (κ3) is 3.98. The van der Waals surface area contributed by atoms with Crippen molar-refractivity contribution in [2.45, 2.75) is 44.1 Å². The van der Waals surface area contributed by atoms with E-state index in [2.05, 4.69) is 21.2 Å². The van der Waals surface area contributed by atoms with Gasteiger partial charge in [0.05, 0.1) is 0 Å². The molecule has 0 spiro atoms. The van der Waals surface area contributed by atoms with Crippen molar-refractivity contribution in [3.63, 3.8) is 0 Å². The number of hydrogen-bond donors (Lipinski definition) is 5. The number of hydrazine groups is 1. The fourth-order valence-electron chi connectivity index (χ4n) is 6.08. The number of anilines is 1. The predicted octanol–water partition coefficient (Wildman–Crippen LogP) is 2.17. The zero-order valence-corrected chi connectivity index (χ0v) is 18.1. The van der Waals surface area contributed by atoms with Gasteiger partial charge in [-0.05, 0) is 80.5 Å². The zero-order chi connectivity index (χ0) is 22.5. The number of rotatable bonds is 5. The van der Waals surface area contributed by atoms with E-state index < -0.39 is 23.1 Å². The van der Waals surface area contributed by atoms with E-state index in [1.165, 1.54) is 43.5 Å². The Morgan fingerprint density at radius 3 is 2.09 bits per heavy atom. The molecule has 6 rings (SSSR count). The summed E-state index contributed by atoms with van der Waals surface area (Å²) < 4.78 is 0. The second-order valence-electron chi connectivity index (χ2n) is 9.40. The van der Waals surface area contributed by atoms with Gasteiger partial charge in [-0.3, -0.25) is 24.8 Å². The van der Waals surface area contributed by atoms with E-state index in [0.717, 1.165) is 19.3 Å². The molecule has 4 bridgehead atoms. The summed E-state index contributed by atoms with van der Waals surface area (Å²) in [5, 5.41) is 2.89. The molecule has 0 unspecified atom stereocenters. The van der Waals surface area contributed by atoms with Crippen LogP contribution >= 0.6 is 11.6 Å². The molecule has 1 heterocycles. The van der Waals surface area contributed by atoms with Crippen LogP contribution in [0.25, 0.3) is 0 Å². The summed E-state index contributed by atoms with van der Waals surface area (Å²) in [6.45, 7) is 0. The highest BCUT2D eigenvalue weighted by Crippen LogP contribution is 2.55. The van der Waals surface area contributed by atoms with E-state index in [9.17, 15) is 19.2 Å². The fourth-order valence-corrected chi connectivity index (χ4v) is 6.20. The van der Waals surface area contributed by atoms with Gasteiger partial charge in [-0.15, -0.1) is 0 Å². The van der Waals surface area contributed by atoms with Crippen LogP contribution in [0.4, 0.5) is 5.69 Å². The molecule has 4 fully saturated rings. The van der Waals surface area contributed by atoms with Crippen molar-refractivity contribution >= 4 is 29.1 Å². The Labute approximate surface area is 188 Å². The molecule has 2 amide bonds. The van der Waals surface area contributed by atoms with Crippen LogP contribution in [0.1, 0.15) is 59.4 Å². The van der Waals surface area contributed by atoms with Crippen LogP contribution in [0.5, 0.6) is 0 Å². The fraction of sp³-hybridized carbons (Fsp3) is 0.455. The van der Waals surface area contributed by atoms with Crippen LogP contribution in [0.2, 0.25) is 5.02 Å². The molecule has 4 saturated carbocycles. The highest BCUT2D eigenvalue weighted by molar-refractivity contribution is 6.30. The lowest BCUT2D eigenvalue weighted by molar-refractivity contribution is -0.0257. The topological polar surface area (TPSA) is 136 Å². The standard InChI is InChI=1S/C22H24ClN5O4/c23-15-3-1-14(2-4-15)18(29)24-16-17(25-21(32)26-19(16)30)20(31)27-28-22-8-11-5-12(9-22)7-13(6-11)10-22/h1-4,11-13,28H,5-10H2,(H,24,29)(H,27,31)(H2,25,26,30,32). The van der Waals surface area contributed by atoms with Crippen LogP contribution in [0.3, 0.4) is 0 Å². The molecular formula is C22H24ClN5O4. The van der Waals surface area contributed by atoms with E-state index in [-0.39, 0.29) is 22.5 Å². The largest absolute Gasteiger partial charge is 0.326 e. The number of halogens is 1. The Morgan fingerprint density at radius 1 is 0.906 bits per heavy atom. The number of aromatic nitrogens is 2. The molecule has 32 heavy (non-hydrogen) atoms. The number of hydrogen-bond acceptors (Lipinski definition) is 5. The Kier molecular flexibility index (Phi) is 5.17. The summed E-state index contributed by atoms with van der Waals surface area (Å²) in [5.41, 5.74) is 3.68. The summed E-state index contributed by atoms with van der Waals surface area (Å²) >= 11 is 5.85. The zero-order valence-electron chi connectivity index (χ0n) is 17.3. The van der Waals surface area contributed by atoms with Crippen LogP contribution < -0.4 is 27.4 Å². The van der Waals surface area contributed by atoms with E-state index in [1.54, 1.807) is 0 Å². The van der Waals surface area contributed by atoms with Gasteiger partial charge in [0, 0.05) is 16.1 Å². The molecule has 2 aromatic rings. The highest BCUT2D eigenvalue weighted by Gasteiger charge is 2.51. The molecule has 5 N–H and O–H groups in total. The number of carbonyl (C=O) groups excluding carboxylic acids is 2. The summed E-state index contributed by atoms with van der Waals surface area (Å²) in [6, 6.07) is 6.06. The van der Waals surface area contributed by atoms with Crippen LogP contribution in [0.15, 0.2) is 33.9 Å². The van der Waals surface area contributed by atoms with Gasteiger partial charge in [-0.2, -0.15) is 0 Å². The van der Waals surface area contributed by atoms with Gasteiger partial charge in [0.1, 0.15) is 11.4 Å². The van der Waals surface area contributed by atoms with Gasteiger partial charge >= 0.3 is 5.69 Å². The maximum atomic E-state index is 13.0. The Balaban J connectivity index is 1.35. The summed E-state index contributed by atoms with van der Waals surface area (Å²) in [5.74, 6) is 0.746. The van der Waals surface area contributed by atoms with Gasteiger partial charge in [0.25, 0.3) is 17.4 Å². The highest BCUT2D eigenvalue weighted by atomic mass is 35.5. The average molecular weight is 458 g/mol. The van der Waals surface area contributed by atoms with E-state index in [0.29, 0.717) is 22.8 Å². The lowest BCUT2D eigenvalue weighted by Gasteiger charge is -2.56. The molecule has 168 valence electrons. The first-order valence-electron chi connectivity index (χ1n) is 10.8. The van der Waals surface area contributed by atoms with Crippen molar-refractivity contribution in [2.24, 2.45) is 17.8 Å². The molecule has 0 radical (unpaired) electrons. The Hall–Kier alpha value is -2.91. The Bertz CT molecular complexity index is 1150. The monoisotopic (exact) mass is 457 g/mol. The second kappa shape index (κ2) is 7.90. The van der Waals surface area contributed by atoms with Crippen molar-refractivity contribution < 1.29 is 9.59 Å². The van der Waals surface area contributed by atoms with Crippen molar-refractivity contribution in [2.75, 3.05) is 5.32 Å². The summed E-state index contributed by atoms with van der Waals surface area (Å²) in [6.07, 6.45) is 6.80. The molecule has 1 aromatic heterocycles. The number of H-pyrrole nitrogens is 2. The lowest BCUT2D eigenvalue weighted by Crippen LogP contribution is -2.63. The minimum Gasteiger partial charge on any atom is -0.315 e. The first-order chi connectivity index (χ1) is 15.3. The molecular weight excluding hydrogens is 434 g/mol. The number of amides is 2. The minimum absolute atomic E-state index is 0.154. The van der Waals surface area contributed by atoms with Gasteiger partial charge in [0.15, 0.2) is 0 Å². The van der Waals surface area contributed by atoms with Gasteiger partial charge in [-0.1, -0.05) is 11.6 Å². The first kappa shape index (κ1) is 21.0. The SMILES string of the molecule is O=C(Nc1c(C(=O)NNC23CC4CC(CC(C4)C2)C3)[nH]c(=O)[nH]c1=O)c1ccc(Cl)cc1. The maximum Gasteiger partial charge on any atom is 0.326 e. The number of carbonyl (C=O) groups is 2. The van der Waals surface area contributed by atoms with Crippen LogP contribution in [-0.4, -0.2) is 27.3 Å². The first-order valence-corrected chi connectivity index (χ1v) is 11.2. The molecule has 4 aliphatic rings. The van der Waals surface area contributed by atoms with Gasteiger partial charge < -0.3 is 10.3 Å². The number of aromatic amines is 2. The number of nitrogens with one attached hydrogen (secondary N) is 5. The maximum absolute atomic E-state index is 13.0. The van der Waals surface area contributed by atoms with Gasteiger partial charge in [-0.25, -0.2) is 10.2 Å². The molecule has 0 saturated heterocycles.